The molecule has 1 aromatic rings. The van der Waals surface area contributed by atoms with Gasteiger partial charge in [-0.1, -0.05) is 12.8 Å². The highest BCUT2D eigenvalue weighted by molar-refractivity contribution is 7.07. The smallest absolute Gasteiger partial charge is 0.191 e. The first-order valence-corrected chi connectivity index (χ1v) is 8.30. The summed E-state index contributed by atoms with van der Waals surface area (Å²) in [7, 11) is 6.09. The van der Waals surface area contributed by atoms with Crippen LogP contribution in [0.5, 0.6) is 0 Å². The van der Waals surface area contributed by atoms with Crippen LogP contribution in [0.4, 0.5) is 0 Å². The van der Waals surface area contributed by atoms with Crippen molar-refractivity contribution in [1.29, 1.82) is 0 Å². The molecule has 1 fully saturated rings. The first kappa shape index (κ1) is 15.3. The van der Waals surface area contributed by atoms with Crippen LogP contribution >= 0.6 is 11.3 Å². The van der Waals surface area contributed by atoms with Crippen LogP contribution in [0, 0.1) is 0 Å². The van der Waals surface area contributed by atoms with Gasteiger partial charge in [-0.3, -0.25) is 4.99 Å². The highest BCUT2D eigenvalue weighted by Crippen LogP contribution is 2.20. The largest absolute Gasteiger partial charge is 0.354 e. The van der Waals surface area contributed by atoms with E-state index < -0.39 is 0 Å². The number of nitrogens with one attached hydrogen (secondary N) is 2. The van der Waals surface area contributed by atoms with Crippen LogP contribution in [-0.4, -0.2) is 44.6 Å². The van der Waals surface area contributed by atoms with Crippen LogP contribution < -0.4 is 10.6 Å². The highest BCUT2D eigenvalue weighted by Gasteiger charge is 2.18. The molecule has 0 radical (unpaired) electrons. The molecule has 2 rings (SSSR count). The fourth-order valence-corrected chi connectivity index (χ4v) is 3.42. The summed E-state index contributed by atoms with van der Waals surface area (Å²) in [5.41, 5.74) is 1.36. The van der Waals surface area contributed by atoms with Gasteiger partial charge in [-0.15, -0.1) is 0 Å². The van der Waals surface area contributed by atoms with Crippen LogP contribution in [-0.2, 0) is 0 Å². The Bertz CT molecular complexity index is 408. The lowest BCUT2D eigenvalue weighted by Crippen LogP contribution is -2.45. The van der Waals surface area contributed by atoms with Crippen molar-refractivity contribution in [1.82, 2.24) is 15.5 Å². The summed E-state index contributed by atoms with van der Waals surface area (Å²) in [6.45, 7) is 0.871. The van der Waals surface area contributed by atoms with E-state index >= 15 is 0 Å². The SMILES string of the molecule is CN=C(NCC(c1ccsc1)N(C)C)NC1CCCC1. The lowest BCUT2D eigenvalue weighted by molar-refractivity contribution is 0.298. The third-order valence-electron chi connectivity index (χ3n) is 3.93. The predicted octanol–water partition coefficient (Wildman–Crippen LogP) is 2.46. The summed E-state index contributed by atoms with van der Waals surface area (Å²) in [5.74, 6) is 0.930. The van der Waals surface area contributed by atoms with Crippen LogP contribution in [0.2, 0.25) is 0 Å². The van der Waals surface area contributed by atoms with Gasteiger partial charge in [-0.25, -0.2) is 0 Å². The quantitative estimate of drug-likeness (QED) is 0.647. The van der Waals surface area contributed by atoms with Gasteiger partial charge in [0.05, 0.1) is 6.04 Å². The minimum Gasteiger partial charge on any atom is -0.354 e. The van der Waals surface area contributed by atoms with Gasteiger partial charge in [0, 0.05) is 19.6 Å². The van der Waals surface area contributed by atoms with Crippen LogP contribution in [0.15, 0.2) is 21.8 Å². The maximum Gasteiger partial charge on any atom is 0.191 e. The van der Waals surface area contributed by atoms with E-state index in [0.29, 0.717) is 12.1 Å². The molecule has 0 aliphatic heterocycles. The molecule has 1 unspecified atom stereocenters. The molecule has 0 aromatic carbocycles. The number of thiophene rings is 1. The standard InChI is InChI=1S/C15H26N4S/c1-16-15(18-13-6-4-5-7-13)17-10-14(19(2)3)12-8-9-20-11-12/h8-9,11,13-14H,4-7,10H2,1-3H3,(H2,16,17,18). The highest BCUT2D eigenvalue weighted by atomic mass is 32.1. The van der Waals surface area contributed by atoms with Crippen LogP contribution in [0.1, 0.15) is 37.3 Å². The monoisotopic (exact) mass is 294 g/mol. The zero-order valence-electron chi connectivity index (χ0n) is 12.7. The molecular formula is C15H26N4S. The maximum absolute atomic E-state index is 4.34. The van der Waals surface area contributed by atoms with E-state index in [4.69, 9.17) is 0 Å². The molecule has 5 heteroatoms. The first-order valence-electron chi connectivity index (χ1n) is 7.36. The van der Waals surface area contributed by atoms with Gasteiger partial charge in [-0.2, -0.15) is 11.3 Å². The van der Waals surface area contributed by atoms with E-state index in [1.54, 1.807) is 11.3 Å². The average molecular weight is 294 g/mol. The number of hydrogen-bond donors (Lipinski definition) is 2. The van der Waals surface area contributed by atoms with Crippen LogP contribution in [0.3, 0.4) is 0 Å². The molecule has 0 spiro atoms. The number of aliphatic imine (C=N–C) groups is 1. The summed E-state index contributed by atoms with van der Waals surface area (Å²) >= 11 is 1.75. The Morgan fingerprint density at radius 3 is 2.75 bits per heavy atom. The Morgan fingerprint density at radius 1 is 1.45 bits per heavy atom. The summed E-state index contributed by atoms with van der Waals surface area (Å²) < 4.78 is 0. The predicted molar refractivity (Wildman–Crippen MR) is 87.5 cm³/mol. The van der Waals surface area contributed by atoms with E-state index in [9.17, 15) is 0 Å². The third-order valence-corrected chi connectivity index (χ3v) is 4.64. The van der Waals surface area contributed by atoms with Gasteiger partial charge in [-0.05, 0) is 49.3 Å². The van der Waals surface area contributed by atoms with E-state index in [1.807, 2.05) is 7.05 Å². The fraction of sp³-hybridized carbons (Fsp3) is 0.667. The van der Waals surface area contributed by atoms with Crippen molar-refractivity contribution in [2.45, 2.75) is 37.8 Å². The molecule has 1 heterocycles. The van der Waals surface area contributed by atoms with Crippen molar-refractivity contribution in [3.05, 3.63) is 22.4 Å². The minimum absolute atomic E-state index is 0.378. The third kappa shape index (κ3) is 4.21. The second kappa shape index (κ2) is 7.64. The Kier molecular flexibility index (Phi) is 5.86. The fourth-order valence-electron chi connectivity index (χ4n) is 2.71. The van der Waals surface area contributed by atoms with Crippen LogP contribution in [0.25, 0.3) is 0 Å². The topological polar surface area (TPSA) is 39.7 Å². The van der Waals surface area contributed by atoms with Gasteiger partial charge in [0.25, 0.3) is 0 Å². The normalized spacial score (nSPS) is 18.5. The number of rotatable bonds is 5. The van der Waals surface area contributed by atoms with E-state index in [0.717, 1.165) is 12.5 Å². The number of hydrogen-bond acceptors (Lipinski definition) is 3. The molecule has 20 heavy (non-hydrogen) atoms. The molecule has 0 bridgehead atoms. The first-order chi connectivity index (χ1) is 9.70. The second-order valence-electron chi connectivity index (χ2n) is 5.61. The Labute approximate surface area is 126 Å². The second-order valence-corrected chi connectivity index (χ2v) is 6.39. The molecule has 1 aliphatic carbocycles. The number of nitrogens with zero attached hydrogens (tertiary/aromatic N) is 2. The Balaban J connectivity index is 1.87. The van der Waals surface area contributed by atoms with Crippen molar-refractivity contribution in [2.24, 2.45) is 4.99 Å². The summed E-state index contributed by atoms with van der Waals surface area (Å²) in [6, 6.07) is 3.17. The minimum atomic E-state index is 0.378. The molecule has 0 saturated heterocycles. The van der Waals surface area contributed by atoms with Gasteiger partial charge >= 0.3 is 0 Å². The molecule has 1 saturated carbocycles. The maximum atomic E-state index is 4.34. The number of likely N-dealkylation sites (N-methyl/N-ethyl adjacent to an activating group) is 1. The Morgan fingerprint density at radius 2 is 2.20 bits per heavy atom. The van der Waals surface area contributed by atoms with E-state index in [1.165, 1.54) is 31.2 Å². The summed E-state index contributed by atoms with van der Waals surface area (Å²) in [4.78, 5) is 6.59. The van der Waals surface area contributed by atoms with Gasteiger partial charge < -0.3 is 15.5 Å². The van der Waals surface area contributed by atoms with Crippen molar-refractivity contribution in [3.8, 4) is 0 Å². The van der Waals surface area contributed by atoms with Crippen molar-refractivity contribution in [3.63, 3.8) is 0 Å². The average Bonchev–Trinajstić information content (AvgIpc) is 3.10. The van der Waals surface area contributed by atoms with E-state index in [-0.39, 0.29) is 0 Å². The molecule has 112 valence electrons. The van der Waals surface area contributed by atoms with Gasteiger partial charge in [0.15, 0.2) is 5.96 Å². The van der Waals surface area contributed by atoms with E-state index in [2.05, 4.69) is 51.4 Å². The summed E-state index contributed by atoms with van der Waals surface area (Å²) in [6.07, 6.45) is 5.21. The molecular weight excluding hydrogens is 268 g/mol. The van der Waals surface area contributed by atoms with Crippen molar-refractivity contribution >= 4 is 17.3 Å². The molecule has 1 aliphatic rings. The summed E-state index contributed by atoms with van der Waals surface area (Å²) in [5, 5.41) is 11.4. The van der Waals surface area contributed by atoms with Gasteiger partial charge in [0.2, 0.25) is 0 Å². The number of guanidine groups is 1. The molecule has 2 N–H and O–H groups in total. The lowest BCUT2D eigenvalue weighted by atomic mass is 10.1. The van der Waals surface area contributed by atoms with Crippen molar-refractivity contribution < 1.29 is 0 Å². The molecule has 4 nitrogen and oxygen atoms in total. The van der Waals surface area contributed by atoms with Crippen molar-refractivity contribution in [2.75, 3.05) is 27.7 Å². The molecule has 0 amide bonds. The zero-order valence-corrected chi connectivity index (χ0v) is 13.5. The van der Waals surface area contributed by atoms with Gasteiger partial charge in [0.1, 0.15) is 0 Å². The molecule has 1 atom stereocenters. The zero-order chi connectivity index (χ0) is 14.4. The molecule has 1 aromatic heterocycles. The Hall–Kier alpha value is -1.07. The lowest BCUT2D eigenvalue weighted by Gasteiger charge is -2.25.